The van der Waals surface area contributed by atoms with E-state index < -0.39 is 0 Å². The van der Waals surface area contributed by atoms with Crippen LogP contribution in [-0.2, 0) is 0 Å². The molecule has 0 aromatic heterocycles. The maximum absolute atomic E-state index is 8.61. The summed E-state index contributed by atoms with van der Waals surface area (Å²) in [7, 11) is 0. The van der Waals surface area contributed by atoms with Crippen molar-refractivity contribution in [3.8, 4) is 12.1 Å². The molecule has 1 heterocycles. The van der Waals surface area contributed by atoms with Gasteiger partial charge in [0, 0.05) is 18.8 Å². The van der Waals surface area contributed by atoms with Crippen molar-refractivity contribution in [2.45, 2.75) is 19.8 Å². The summed E-state index contributed by atoms with van der Waals surface area (Å²) in [5.41, 5.74) is 5.65. The number of rotatable bonds is 3. The molecule has 1 N–H and O–H groups in total. The molecule has 1 aliphatic rings. The Kier molecular flexibility index (Phi) is 4.00. The molecule has 1 saturated heterocycles. The lowest BCUT2D eigenvalue weighted by atomic mass is 10.1. The van der Waals surface area contributed by atoms with Crippen LogP contribution in [0.2, 0.25) is 0 Å². The number of nitrogens with zero attached hydrogens (tertiary/aromatic N) is 4. The van der Waals surface area contributed by atoms with Gasteiger partial charge < -0.3 is 4.90 Å². The molecule has 0 unspecified atom stereocenters. The highest BCUT2D eigenvalue weighted by Crippen LogP contribution is 2.25. The molecular formula is C14H15N5. The summed E-state index contributed by atoms with van der Waals surface area (Å²) in [6.45, 7) is 4.20. The standard InChI is InChI=1S/C14H15N5/c1-11-8-13(19-6-2-3-7-19)4-5-14(11)18-17-12(9-15)10-16/h4-5,8,18H,2-3,6-7H2,1H3. The summed E-state index contributed by atoms with van der Waals surface area (Å²) < 4.78 is 0. The number of benzene rings is 1. The second-order valence-electron chi connectivity index (χ2n) is 4.49. The fourth-order valence-corrected chi connectivity index (χ4v) is 2.14. The molecular weight excluding hydrogens is 238 g/mol. The Morgan fingerprint density at radius 3 is 2.53 bits per heavy atom. The Morgan fingerprint density at radius 1 is 1.26 bits per heavy atom. The molecule has 0 amide bonds. The lowest BCUT2D eigenvalue weighted by molar-refractivity contribution is 0.949. The normalized spacial score (nSPS) is 13.5. The van der Waals surface area contributed by atoms with Gasteiger partial charge in [0.25, 0.3) is 0 Å². The van der Waals surface area contributed by atoms with E-state index in [0.717, 1.165) is 24.3 Å². The quantitative estimate of drug-likeness (QED) is 0.663. The van der Waals surface area contributed by atoms with Gasteiger partial charge in [0.1, 0.15) is 12.1 Å². The van der Waals surface area contributed by atoms with Crippen LogP contribution in [0.1, 0.15) is 18.4 Å². The molecule has 1 aliphatic heterocycles. The molecule has 2 rings (SSSR count). The first-order valence-electron chi connectivity index (χ1n) is 6.24. The number of aryl methyl sites for hydroxylation is 1. The maximum Gasteiger partial charge on any atom is 0.237 e. The SMILES string of the molecule is Cc1cc(N2CCCC2)ccc1NN=C(C#N)C#N. The number of anilines is 2. The lowest BCUT2D eigenvalue weighted by Gasteiger charge is -2.19. The van der Waals surface area contributed by atoms with E-state index in [4.69, 9.17) is 10.5 Å². The summed E-state index contributed by atoms with van der Waals surface area (Å²) in [5, 5.41) is 21.0. The van der Waals surface area contributed by atoms with Crippen LogP contribution in [0.4, 0.5) is 11.4 Å². The van der Waals surface area contributed by atoms with Gasteiger partial charge in [-0.05, 0) is 43.5 Å². The molecule has 1 aromatic carbocycles. The monoisotopic (exact) mass is 253 g/mol. The van der Waals surface area contributed by atoms with E-state index in [0.29, 0.717) is 0 Å². The first kappa shape index (κ1) is 12.9. The van der Waals surface area contributed by atoms with Crippen molar-refractivity contribution in [2.75, 3.05) is 23.4 Å². The van der Waals surface area contributed by atoms with Crippen LogP contribution in [0, 0.1) is 29.6 Å². The van der Waals surface area contributed by atoms with Crippen molar-refractivity contribution in [3.05, 3.63) is 23.8 Å². The van der Waals surface area contributed by atoms with Gasteiger partial charge in [0.15, 0.2) is 0 Å². The summed E-state index contributed by atoms with van der Waals surface area (Å²) in [6.07, 6.45) is 2.49. The van der Waals surface area contributed by atoms with Gasteiger partial charge >= 0.3 is 0 Å². The second kappa shape index (κ2) is 5.88. The van der Waals surface area contributed by atoms with Gasteiger partial charge in [0.2, 0.25) is 5.71 Å². The van der Waals surface area contributed by atoms with E-state index in [1.807, 2.05) is 19.1 Å². The molecule has 5 heteroatoms. The number of hydrogen-bond donors (Lipinski definition) is 1. The minimum Gasteiger partial charge on any atom is -0.372 e. The fourth-order valence-electron chi connectivity index (χ4n) is 2.14. The van der Waals surface area contributed by atoms with Crippen molar-refractivity contribution < 1.29 is 0 Å². The van der Waals surface area contributed by atoms with Gasteiger partial charge in [-0.25, -0.2) is 0 Å². The molecule has 5 nitrogen and oxygen atoms in total. The highest BCUT2D eigenvalue weighted by atomic mass is 15.3. The van der Waals surface area contributed by atoms with E-state index in [2.05, 4.69) is 21.5 Å². The Hall–Kier alpha value is -2.53. The molecule has 96 valence electrons. The number of nitrogens with one attached hydrogen (secondary N) is 1. The third-order valence-electron chi connectivity index (χ3n) is 3.18. The van der Waals surface area contributed by atoms with Crippen LogP contribution in [0.3, 0.4) is 0 Å². The van der Waals surface area contributed by atoms with Crippen LogP contribution in [0.5, 0.6) is 0 Å². The zero-order valence-corrected chi connectivity index (χ0v) is 10.8. The Labute approximate surface area is 112 Å². The van der Waals surface area contributed by atoms with Crippen LogP contribution < -0.4 is 10.3 Å². The van der Waals surface area contributed by atoms with E-state index in [1.54, 1.807) is 12.1 Å². The van der Waals surface area contributed by atoms with Crippen molar-refractivity contribution >= 4 is 17.1 Å². The van der Waals surface area contributed by atoms with Gasteiger partial charge in [-0.1, -0.05) is 0 Å². The molecule has 0 radical (unpaired) electrons. The molecule has 0 spiro atoms. The van der Waals surface area contributed by atoms with Gasteiger partial charge in [0.05, 0.1) is 5.69 Å². The van der Waals surface area contributed by atoms with Crippen LogP contribution >= 0.6 is 0 Å². The highest BCUT2D eigenvalue weighted by Gasteiger charge is 2.12. The largest absolute Gasteiger partial charge is 0.372 e. The molecule has 0 saturated carbocycles. The Bertz CT molecular complexity index is 554. The second-order valence-corrected chi connectivity index (χ2v) is 4.49. The van der Waals surface area contributed by atoms with Crippen LogP contribution in [-0.4, -0.2) is 18.8 Å². The smallest absolute Gasteiger partial charge is 0.237 e. The van der Waals surface area contributed by atoms with E-state index >= 15 is 0 Å². The van der Waals surface area contributed by atoms with Crippen LogP contribution in [0.15, 0.2) is 23.3 Å². The maximum atomic E-state index is 8.61. The fraction of sp³-hybridized carbons (Fsp3) is 0.357. The molecule has 0 bridgehead atoms. The van der Waals surface area contributed by atoms with Gasteiger partial charge in [-0.3, -0.25) is 5.43 Å². The van der Waals surface area contributed by atoms with E-state index in [-0.39, 0.29) is 5.71 Å². The minimum atomic E-state index is -0.178. The summed E-state index contributed by atoms with van der Waals surface area (Å²) >= 11 is 0. The average molecular weight is 253 g/mol. The Balaban J connectivity index is 2.14. The molecule has 0 atom stereocenters. The van der Waals surface area contributed by atoms with Gasteiger partial charge in [-0.15, -0.1) is 0 Å². The zero-order chi connectivity index (χ0) is 13.7. The number of hydrazone groups is 1. The van der Waals surface area contributed by atoms with Crippen molar-refractivity contribution in [2.24, 2.45) is 5.10 Å². The zero-order valence-electron chi connectivity index (χ0n) is 10.8. The highest BCUT2D eigenvalue weighted by molar-refractivity contribution is 6.10. The van der Waals surface area contributed by atoms with E-state index in [9.17, 15) is 0 Å². The predicted octanol–water partition coefficient (Wildman–Crippen LogP) is 2.41. The Morgan fingerprint density at radius 2 is 1.95 bits per heavy atom. The predicted molar refractivity (Wildman–Crippen MR) is 74.9 cm³/mol. The topological polar surface area (TPSA) is 75.2 Å². The lowest BCUT2D eigenvalue weighted by Crippen LogP contribution is -2.17. The summed E-state index contributed by atoms with van der Waals surface area (Å²) in [6, 6.07) is 9.50. The minimum absolute atomic E-state index is 0.178. The first-order chi connectivity index (χ1) is 9.24. The molecule has 19 heavy (non-hydrogen) atoms. The van der Waals surface area contributed by atoms with Gasteiger partial charge in [-0.2, -0.15) is 15.6 Å². The number of nitriles is 2. The summed E-state index contributed by atoms with van der Waals surface area (Å²) in [5.74, 6) is 0. The third kappa shape index (κ3) is 3.02. The first-order valence-corrected chi connectivity index (χ1v) is 6.24. The van der Waals surface area contributed by atoms with Crippen molar-refractivity contribution in [3.63, 3.8) is 0 Å². The molecule has 1 aromatic rings. The molecule has 1 fully saturated rings. The average Bonchev–Trinajstić information content (AvgIpc) is 2.95. The van der Waals surface area contributed by atoms with Crippen molar-refractivity contribution in [1.29, 1.82) is 10.5 Å². The van der Waals surface area contributed by atoms with E-state index in [1.165, 1.54) is 18.5 Å². The van der Waals surface area contributed by atoms with Crippen LogP contribution in [0.25, 0.3) is 0 Å². The molecule has 0 aliphatic carbocycles. The number of hydrogen-bond acceptors (Lipinski definition) is 5. The van der Waals surface area contributed by atoms with Crippen molar-refractivity contribution in [1.82, 2.24) is 0 Å². The third-order valence-corrected chi connectivity index (χ3v) is 3.18. The summed E-state index contributed by atoms with van der Waals surface area (Å²) in [4.78, 5) is 2.36.